The molecule has 2 aliphatic heterocycles. The van der Waals surface area contributed by atoms with E-state index < -0.39 is 5.97 Å². The van der Waals surface area contributed by atoms with Gasteiger partial charge in [-0.25, -0.2) is 0 Å². The zero-order chi connectivity index (χ0) is 13.4. The topological polar surface area (TPSA) is 75.6 Å². The lowest BCUT2D eigenvalue weighted by molar-refractivity contribution is -0.142. The van der Waals surface area contributed by atoms with Crippen molar-refractivity contribution in [3.05, 3.63) is 12.2 Å². The third kappa shape index (κ3) is 2.52. The summed E-state index contributed by atoms with van der Waals surface area (Å²) in [6.45, 7) is 0. The third-order valence-electron chi connectivity index (χ3n) is 4.45. The number of aliphatic carboxylic acids is 1. The van der Waals surface area contributed by atoms with Crippen molar-refractivity contribution in [2.75, 3.05) is 0 Å². The first-order chi connectivity index (χ1) is 9.13. The van der Waals surface area contributed by atoms with Crippen molar-refractivity contribution in [2.24, 2.45) is 11.8 Å². The number of carbonyl (C=O) groups is 2. The predicted octanol–water partition coefficient (Wildman–Crippen LogP) is 1.09. The van der Waals surface area contributed by atoms with Gasteiger partial charge in [0.05, 0.1) is 24.0 Å². The summed E-state index contributed by atoms with van der Waals surface area (Å²) >= 11 is 0. The summed E-state index contributed by atoms with van der Waals surface area (Å²) in [4.78, 5) is 23.2. The molecular formula is C14H19NO4. The lowest BCUT2D eigenvalue weighted by atomic mass is 9.87. The zero-order valence-electron chi connectivity index (χ0n) is 10.7. The fraction of sp³-hybridized carbons (Fsp3) is 0.714. The number of ether oxygens (including phenoxy) is 1. The molecule has 0 saturated carbocycles. The number of fused-ring (bicyclic) bond motifs is 2. The molecule has 1 amide bonds. The molecule has 5 atom stereocenters. The molecule has 2 fully saturated rings. The first-order valence-corrected chi connectivity index (χ1v) is 6.99. The monoisotopic (exact) mass is 265 g/mol. The number of hydrogen-bond acceptors (Lipinski definition) is 3. The van der Waals surface area contributed by atoms with Crippen LogP contribution >= 0.6 is 0 Å². The minimum absolute atomic E-state index is 0.0212. The Kier molecular flexibility index (Phi) is 3.31. The molecule has 2 N–H and O–H groups in total. The molecule has 3 aliphatic rings. The number of amides is 1. The Morgan fingerprint density at radius 3 is 2.74 bits per heavy atom. The summed E-state index contributed by atoms with van der Waals surface area (Å²) in [6.07, 6.45) is 7.99. The van der Waals surface area contributed by atoms with Gasteiger partial charge in [0.1, 0.15) is 0 Å². The average Bonchev–Trinajstić information content (AvgIpc) is 3.01. The number of nitrogens with one attached hydrogen (secondary N) is 1. The number of carbonyl (C=O) groups excluding carboxylic acids is 1. The molecule has 0 aromatic heterocycles. The van der Waals surface area contributed by atoms with E-state index in [4.69, 9.17) is 9.84 Å². The van der Waals surface area contributed by atoms with Crippen LogP contribution in [0.1, 0.15) is 32.1 Å². The van der Waals surface area contributed by atoms with Gasteiger partial charge < -0.3 is 15.2 Å². The minimum Gasteiger partial charge on any atom is -0.481 e. The maximum absolute atomic E-state index is 12.2. The van der Waals surface area contributed by atoms with Crippen LogP contribution in [0.5, 0.6) is 0 Å². The van der Waals surface area contributed by atoms with Gasteiger partial charge >= 0.3 is 5.97 Å². The summed E-state index contributed by atoms with van der Waals surface area (Å²) in [5.41, 5.74) is 0. The van der Waals surface area contributed by atoms with Gasteiger partial charge in [0, 0.05) is 6.04 Å². The standard InChI is InChI=1S/C14H19NO4/c16-13(11-7-10-4-5-12(11)19-10)15-9-3-1-2-8(6-9)14(17)18/h1,3,8-12H,2,4-7H2,(H,15,16)(H,17,18)/t8-,9-,10+,11-,12-/m1/s1. The van der Waals surface area contributed by atoms with E-state index in [0.717, 1.165) is 19.3 Å². The van der Waals surface area contributed by atoms with E-state index in [0.29, 0.717) is 12.8 Å². The molecule has 1 aliphatic carbocycles. The second-order valence-corrected chi connectivity index (χ2v) is 5.77. The van der Waals surface area contributed by atoms with Gasteiger partial charge in [-0.15, -0.1) is 0 Å². The normalized spacial score (nSPS) is 40.3. The van der Waals surface area contributed by atoms with E-state index in [1.807, 2.05) is 12.2 Å². The van der Waals surface area contributed by atoms with Gasteiger partial charge in [-0.05, 0) is 32.1 Å². The lowest BCUT2D eigenvalue weighted by Crippen LogP contribution is -2.43. The average molecular weight is 265 g/mol. The van der Waals surface area contributed by atoms with E-state index in [1.54, 1.807) is 0 Å². The van der Waals surface area contributed by atoms with Crippen molar-refractivity contribution in [3.63, 3.8) is 0 Å². The minimum atomic E-state index is -0.785. The number of carboxylic acid groups (broad SMARTS) is 1. The van der Waals surface area contributed by atoms with Crippen LogP contribution in [0.4, 0.5) is 0 Å². The van der Waals surface area contributed by atoms with Gasteiger partial charge in [0.25, 0.3) is 0 Å². The zero-order valence-corrected chi connectivity index (χ0v) is 10.7. The molecule has 2 heterocycles. The van der Waals surface area contributed by atoms with Crippen LogP contribution in [-0.2, 0) is 14.3 Å². The Morgan fingerprint density at radius 1 is 1.26 bits per heavy atom. The fourth-order valence-electron chi connectivity index (χ4n) is 3.40. The molecule has 0 spiro atoms. The van der Waals surface area contributed by atoms with E-state index >= 15 is 0 Å². The fourth-order valence-corrected chi connectivity index (χ4v) is 3.40. The third-order valence-corrected chi connectivity index (χ3v) is 4.45. The van der Waals surface area contributed by atoms with Crippen molar-refractivity contribution in [3.8, 4) is 0 Å². The molecule has 5 nitrogen and oxygen atoms in total. The SMILES string of the molecule is O=C(O)[C@@H]1CC=C[C@@H](NC(=O)[C@@H]2C[C@@H]3CC[C@H]2O3)C1. The van der Waals surface area contributed by atoms with E-state index in [1.165, 1.54) is 0 Å². The van der Waals surface area contributed by atoms with Crippen LogP contribution in [0.15, 0.2) is 12.2 Å². The summed E-state index contributed by atoms with van der Waals surface area (Å²) in [5.74, 6) is -1.19. The summed E-state index contributed by atoms with van der Waals surface area (Å²) in [5, 5.41) is 12.0. The van der Waals surface area contributed by atoms with Crippen LogP contribution in [-0.4, -0.2) is 35.2 Å². The first-order valence-electron chi connectivity index (χ1n) is 6.99. The molecule has 0 aromatic carbocycles. The van der Waals surface area contributed by atoms with Crippen molar-refractivity contribution >= 4 is 11.9 Å². The summed E-state index contributed by atoms with van der Waals surface area (Å²) in [7, 11) is 0. The van der Waals surface area contributed by atoms with Gasteiger partial charge in [-0.3, -0.25) is 9.59 Å². The van der Waals surface area contributed by atoms with Crippen molar-refractivity contribution < 1.29 is 19.4 Å². The van der Waals surface area contributed by atoms with Gasteiger partial charge in [0.2, 0.25) is 5.91 Å². The maximum Gasteiger partial charge on any atom is 0.306 e. The van der Waals surface area contributed by atoms with Gasteiger partial charge in [-0.1, -0.05) is 12.2 Å². The maximum atomic E-state index is 12.2. The number of allylic oxidation sites excluding steroid dienone is 1. The highest BCUT2D eigenvalue weighted by Gasteiger charge is 2.44. The van der Waals surface area contributed by atoms with Crippen molar-refractivity contribution in [2.45, 2.75) is 50.4 Å². The van der Waals surface area contributed by atoms with Gasteiger partial charge in [0.15, 0.2) is 0 Å². The molecule has 104 valence electrons. The molecule has 2 saturated heterocycles. The van der Waals surface area contributed by atoms with E-state index in [9.17, 15) is 9.59 Å². The van der Waals surface area contributed by atoms with E-state index in [-0.39, 0.29) is 36.0 Å². The molecular weight excluding hydrogens is 246 g/mol. The Hall–Kier alpha value is -1.36. The Bertz CT molecular complexity index is 420. The molecule has 5 heteroatoms. The van der Waals surface area contributed by atoms with E-state index in [2.05, 4.69) is 5.32 Å². The Morgan fingerprint density at radius 2 is 2.11 bits per heavy atom. The molecule has 2 bridgehead atoms. The summed E-state index contributed by atoms with van der Waals surface area (Å²) in [6, 6.07) is -0.151. The number of hydrogen-bond donors (Lipinski definition) is 2. The molecule has 0 radical (unpaired) electrons. The van der Waals surface area contributed by atoms with Crippen molar-refractivity contribution in [1.82, 2.24) is 5.32 Å². The predicted molar refractivity (Wildman–Crippen MR) is 67.4 cm³/mol. The van der Waals surface area contributed by atoms with Crippen LogP contribution in [0.25, 0.3) is 0 Å². The largest absolute Gasteiger partial charge is 0.481 e. The molecule has 19 heavy (non-hydrogen) atoms. The molecule has 3 rings (SSSR count). The van der Waals surface area contributed by atoms with Crippen LogP contribution in [0.3, 0.4) is 0 Å². The first kappa shape index (κ1) is 12.7. The quantitative estimate of drug-likeness (QED) is 0.749. The molecule has 0 aromatic rings. The number of carboxylic acids is 1. The summed E-state index contributed by atoms with van der Waals surface area (Å²) < 4.78 is 5.68. The number of rotatable bonds is 3. The van der Waals surface area contributed by atoms with Crippen LogP contribution < -0.4 is 5.32 Å². The van der Waals surface area contributed by atoms with Crippen molar-refractivity contribution in [1.29, 1.82) is 0 Å². The van der Waals surface area contributed by atoms with Gasteiger partial charge in [-0.2, -0.15) is 0 Å². The second-order valence-electron chi connectivity index (χ2n) is 5.77. The van der Waals surface area contributed by atoms with Crippen LogP contribution in [0.2, 0.25) is 0 Å². The molecule has 0 unspecified atom stereocenters. The smallest absolute Gasteiger partial charge is 0.306 e. The lowest BCUT2D eigenvalue weighted by Gasteiger charge is -2.25. The Labute approximate surface area is 112 Å². The Balaban J connectivity index is 1.56. The second kappa shape index (κ2) is 4.96. The van der Waals surface area contributed by atoms with Crippen LogP contribution in [0, 0.1) is 11.8 Å². The highest BCUT2D eigenvalue weighted by atomic mass is 16.5. The highest BCUT2D eigenvalue weighted by molar-refractivity contribution is 5.80. The highest BCUT2D eigenvalue weighted by Crippen LogP contribution is 2.38.